The topological polar surface area (TPSA) is 58.6 Å². The van der Waals surface area contributed by atoms with Crippen LogP contribution in [0, 0.1) is 0 Å². The minimum Gasteiger partial charge on any atom is -0.465 e. The number of hydrogen-bond acceptors (Lipinski definition) is 3. The van der Waals surface area contributed by atoms with Crippen LogP contribution in [0.2, 0.25) is 10.0 Å². The number of rotatable bonds is 6. The lowest BCUT2D eigenvalue weighted by Gasteiger charge is -2.21. The number of hydrogen-bond donors (Lipinski definition) is 1. The van der Waals surface area contributed by atoms with Gasteiger partial charge in [0, 0.05) is 12.2 Å². The zero-order chi connectivity index (χ0) is 15.8. The van der Waals surface area contributed by atoms with Gasteiger partial charge in [0.2, 0.25) is 0 Å². The van der Waals surface area contributed by atoms with Crippen LogP contribution in [-0.4, -0.2) is 36.6 Å². The highest BCUT2D eigenvalue weighted by molar-refractivity contribution is 6.42. The van der Waals surface area contributed by atoms with E-state index < -0.39 is 5.97 Å². The molecular weight excluding hydrogens is 315 g/mol. The van der Waals surface area contributed by atoms with E-state index in [2.05, 4.69) is 5.32 Å². The number of carbonyl (C=O) groups is 2. The van der Waals surface area contributed by atoms with Crippen molar-refractivity contribution in [1.29, 1.82) is 0 Å². The average molecular weight is 333 g/mol. The molecule has 116 valence electrons. The number of nitrogens with zero attached hydrogens (tertiary/aromatic N) is 1. The van der Waals surface area contributed by atoms with Crippen LogP contribution in [-0.2, 0) is 9.53 Å². The first-order valence-corrected chi connectivity index (χ1v) is 7.40. The SMILES string of the molecule is CCCN(CC(=O)OCC)C(=O)Nc1ccc(Cl)c(Cl)c1. The molecule has 1 aromatic rings. The van der Waals surface area contributed by atoms with Crippen LogP contribution in [0.3, 0.4) is 0 Å². The summed E-state index contributed by atoms with van der Waals surface area (Å²) in [7, 11) is 0. The molecule has 0 aliphatic heterocycles. The second-order valence-electron chi connectivity index (χ2n) is 4.29. The summed E-state index contributed by atoms with van der Waals surface area (Å²) in [6, 6.07) is 4.40. The summed E-state index contributed by atoms with van der Waals surface area (Å²) >= 11 is 11.7. The zero-order valence-electron chi connectivity index (χ0n) is 12.0. The van der Waals surface area contributed by atoms with Crippen molar-refractivity contribution in [2.45, 2.75) is 20.3 Å². The van der Waals surface area contributed by atoms with Crippen molar-refractivity contribution >= 4 is 40.9 Å². The number of urea groups is 1. The molecule has 0 radical (unpaired) electrons. The van der Waals surface area contributed by atoms with Crippen molar-refractivity contribution in [3.05, 3.63) is 28.2 Å². The number of esters is 1. The highest BCUT2D eigenvalue weighted by Gasteiger charge is 2.17. The number of halogens is 2. The van der Waals surface area contributed by atoms with Crippen molar-refractivity contribution in [3.8, 4) is 0 Å². The first-order chi connectivity index (χ1) is 9.97. The van der Waals surface area contributed by atoms with Gasteiger partial charge >= 0.3 is 12.0 Å². The number of benzene rings is 1. The van der Waals surface area contributed by atoms with Crippen molar-refractivity contribution < 1.29 is 14.3 Å². The molecule has 0 aliphatic rings. The summed E-state index contributed by atoms with van der Waals surface area (Å²) in [5.74, 6) is -0.435. The number of ether oxygens (including phenoxy) is 1. The van der Waals surface area contributed by atoms with Crippen molar-refractivity contribution in [2.24, 2.45) is 0 Å². The molecule has 1 aromatic carbocycles. The van der Waals surface area contributed by atoms with E-state index in [4.69, 9.17) is 27.9 Å². The van der Waals surface area contributed by atoms with E-state index >= 15 is 0 Å². The minimum absolute atomic E-state index is 0.0885. The van der Waals surface area contributed by atoms with E-state index in [9.17, 15) is 9.59 Å². The fourth-order valence-corrected chi connectivity index (χ4v) is 1.96. The zero-order valence-corrected chi connectivity index (χ0v) is 13.5. The molecule has 0 aromatic heterocycles. The summed E-state index contributed by atoms with van der Waals surface area (Å²) in [5, 5.41) is 3.44. The Bertz CT molecular complexity index is 509. The first-order valence-electron chi connectivity index (χ1n) is 6.64. The number of nitrogens with one attached hydrogen (secondary N) is 1. The summed E-state index contributed by atoms with van der Waals surface area (Å²) in [6.07, 6.45) is 0.730. The Morgan fingerprint density at radius 3 is 2.52 bits per heavy atom. The van der Waals surface area contributed by atoms with Gasteiger partial charge in [0.25, 0.3) is 0 Å². The maximum Gasteiger partial charge on any atom is 0.325 e. The Kier molecular flexibility index (Phi) is 7.32. The smallest absolute Gasteiger partial charge is 0.325 e. The molecule has 0 aliphatic carbocycles. The molecule has 5 nitrogen and oxygen atoms in total. The van der Waals surface area contributed by atoms with Crippen molar-refractivity contribution in [1.82, 2.24) is 4.90 Å². The van der Waals surface area contributed by atoms with Crippen LogP contribution in [0.4, 0.5) is 10.5 Å². The monoisotopic (exact) mass is 332 g/mol. The third-order valence-electron chi connectivity index (χ3n) is 2.58. The largest absolute Gasteiger partial charge is 0.465 e. The fourth-order valence-electron chi connectivity index (χ4n) is 1.66. The van der Waals surface area contributed by atoms with E-state index in [-0.39, 0.29) is 19.2 Å². The summed E-state index contributed by atoms with van der Waals surface area (Å²) in [4.78, 5) is 25.1. The minimum atomic E-state index is -0.435. The van der Waals surface area contributed by atoms with Crippen LogP contribution >= 0.6 is 23.2 Å². The van der Waals surface area contributed by atoms with E-state index in [0.29, 0.717) is 22.3 Å². The molecule has 21 heavy (non-hydrogen) atoms. The quantitative estimate of drug-likeness (QED) is 0.806. The molecule has 7 heteroatoms. The molecule has 0 heterocycles. The summed E-state index contributed by atoms with van der Waals surface area (Å²) in [5.41, 5.74) is 0.513. The van der Waals surface area contributed by atoms with Gasteiger partial charge in [0.15, 0.2) is 0 Å². The van der Waals surface area contributed by atoms with Crippen LogP contribution in [0.1, 0.15) is 20.3 Å². The van der Waals surface area contributed by atoms with Crippen molar-refractivity contribution in [3.63, 3.8) is 0 Å². The van der Waals surface area contributed by atoms with Gasteiger partial charge in [-0.1, -0.05) is 30.1 Å². The lowest BCUT2D eigenvalue weighted by atomic mass is 10.3. The Balaban J connectivity index is 2.71. The van der Waals surface area contributed by atoms with Crippen molar-refractivity contribution in [2.75, 3.05) is 25.0 Å². The lowest BCUT2D eigenvalue weighted by molar-refractivity contribution is -0.143. The van der Waals surface area contributed by atoms with E-state index in [1.54, 1.807) is 25.1 Å². The van der Waals surface area contributed by atoms with Crippen LogP contribution in [0.25, 0.3) is 0 Å². The van der Waals surface area contributed by atoms with Gasteiger partial charge in [-0.3, -0.25) is 4.79 Å². The predicted molar refractivity (Wildman–Crippen MR) is 84.0 cm³/mol. The van der Waals surface area contributed by atoms with Gasteiger partial charge in [0.1, 0.15) is 6.54 Å². The molecule has 0 saturated heterocycles. The third-order valence-corrected chi connectivity index (χ3v) is 3.32. The number of amides is 2. The number of anilines is 1. The van der Waals surface area contributed by atoms with Gasteiger partial charge in [-0.05, 0) is 31.5 Å². The Morgan fingerprint density at radius 2 is 1.95 bits per heavy atom. The molecule has 2 amide bonds. The summed E-state index contributed by atoms with van der Waals surface area (Å²) in [6.45, 7) is 4.29. The molecule has 0 atom stereocenters. The highest BCUT2D eigenvalue weighted by atomic mass is 35.5. The summed E-state index contributed by atoms with van der Waals surface area (Å²) < 4.78 is 4.85. The van der Waals surface area contributed by atoms with E-state index in [1.807, 2.05) is 6.92 Å². The molecule has 1 N–H and O–H groups in total. The van der Waals surface area contributed by atoms with Gasteiger partial charge in [-0.2, -0.15) is 0 Å². The van der Waals surface area contributed by atoms with Crippen LogP contribution < -0.4 is 5.32 Å². The highest BCUT2D eigenvalue weighted by Crippen LogP contribution is 2.25. The van der Waals surface area contributed by atoms with E-state index in [1.165, 1.54) is 4.90 Å². The third kappa shape index (κ3) is 5.81. The normalized spacial score (nSPS) is 10.1. The van der Waals surface area contributed by atoms with Crippen LogP contribution in [0.5, 0.6) is 0 Å². The standard InChI is InChI=1S/C14H18Cl2N2O3/c1-3-7-18(9-13(19)21-4-2)14(20)17-10-5-6-11(15)12(16)8-10/h5-6,8H,3-4,7,9H2,1-2H3,(H,17,20). The fraction of sp³-hybridized carbons (Fsp3) is 0.429. The van der Waals surface area contributed by atoms with Gasteiger partial charge in [-0.25, -0.2) is 4.79 Å². The first kappa shape index (κ1) is 17.6. The molecule has 0 bridgehead atoms. The average Bonchev–Trinajstić information content (AvgIpc) is 2.42. The Labute approximate surface area is 134 Å². The van der Waals surface area contributed by atoms with Gasteiger partial charge in [0.05, 0.1) is 16.7 Å². The maximum atomic E-state index is 12.2. The lowest BCUT2D eigenvalue weighted by Crippen LogP contribution is -2.39. The van der Waals surface area contributed by atoms with Gasteiger partial charge < -0.3 is 15.0 Å². The molecular formula is C14H18Cl2N2O3. The predicted octanol–water partition coefficient (Wildman–Crippen LogP) is 3.80. The second-order valence-corrected chi connectivity index (χ2v) is 5.10. The molecule has 0 saturated carbocycles. The Hall–Kier alpha value is -1.46. The Morgan fingerprint density at radius 1 is 1.24 bits per heavy atom. The second kappa shape index (κ2) is 8.74. The molecule has 0 fully saturated rings. The molecule has 0 spiro atoms. The van der Waals surface area contributed by atoms with Gasteiger partial charge in [-0.15, -0.1) is 0 Å². The maximum absolute atomic E-state index is 12.2. The molecule has 0 unspecified atom stereocenters. The van der Waals surface area contributed by atoms with E-state index in [0.717, 1.165) is 6.42 Å². The van der Waals surface area contributed by atoms with Crippen LogP contribution in [0.15, 0.2) is 18.2 Å². The number of carbonyl (C=O) groups excluding carboxylic acids is 2. The molecule has 1 rings (SSSR count).